The van der Waals surface area contributed by atoms with Crippen molar-refractivity contribution in [1.29, 1.82) is 0 Å². The van der Waals surface area contributed by atoms with E-state index >= 15 is 0 Å². The van der Waals surface area contributed by atoms with Gasteiger partial charge >= 0.3 is 0 Å². The van der Waals surface area contributed by atoms with Gasteiger partial charge < -0.3 is 15.4 Å². The molecule has 0 bridgehead atoms. The van der Waals surface area contributed by atoms with Crippen LogP contribution in [0.1, 0.15) is 30.1 Å². The Kier molecular flexibility index (Phi) is 5.26. The Morgan fingerprint density at radius 2 is 2.35 bits per heavy atom. The number of hydrogen-bond donors (Lipinski definition) is 2. The van der Waals surface area contributed by atoms with Gasteiger partial charge in [-0.15, -0.1) is 0 Å². The van der Waals surface area contributed by atoms with Crippen LogP contribution in [0.5, 0.6) is 5.75 Å². The average molecular weight is 297 g/mol. The zero-order valence-corrected chi connectivity index (χ0v) is 12.7. The van der Waals surface area contributed by atoms with Crippen molar-refractivity contribution in [2.45, 2.75) is 25.8 Å². The van der Waals surface area contributed by atoms with E-state index in [1.54, 1.807) is 18.2 Å². The van der Waals surface area contributed by atoms with Gasteiger partial charge in [-0.25, -0.2) is 0 Å². The second kappa shape index (κ2) is 6.95. The normalized spacial score (nSPS) is 20.2. The molecule has 1 aliphatic heterocycles. The molecule has 2 atom stereocenters. The second-order valence-corrected chi connectivity index (χ2v) is 5.65. The van der Waals surface area contributed by atoms with E-state index in [4.69, 9.17) is 16.3 Å². The van der Waals surface area contributed by atoms with Crippen molar-refractivity contribution in [3.05, 3.63) is 28.8 Å². The van der Waals surface area contributed by atoms with E-state index in [9.17, 15) is 4.79 Å². The standard InChI is InChI=1S/C15H21ClN2O2/c1-10(11-4-3-7-17-9-11)18-15(19)13-6-5-12(16)8-14(13)20-2/h5-6,8,10-11,17H,3-4,7,9H2,1-2H3,(H,18,19). The smallest absolute Gasteiger partial charge is 0.255 e. The average Bonchev–Trinajstić information content (AvgIpc) is 2.47. The maximum Gasteiger partial charge on any atom is 0.255 e. The van der Waals surface area contributed by atoms with Crippen LogP contribution >= 0.6 is 11.6 Å². The van der Waals surface area contributed by atoms with E-state index in [0.29, 0.717) is 22.3 Å². The summed E-state index contributed by atoms with van der Waals surface area (Å²) in [6.45, 7) is 4.08. The molecule has 1 heterocycles. The number of benzene rings is 1. The minimum absolute atomic E-state index is 0.114. The van der Waals surface area contributed by atoms with E-state index in [1.165, 1.54) is 7.11 Å². The first-order valence-electron chi connectivity index (χ1n) is 6.97. The molecule has 0 saturated carbocycles. The molecule has 1 fully saturated rings. The van der Waals surface area contributed by atoms with Gasteiger partial charge in [-0.1, -0.05) is 11.6 Å². The van der Waals surface area contributed by atoms with Gasteiger partial charge in [-0.3, -0.25) is 4.79 Å². The lowest BCUT2D eigenvalue weighted by Crippen LogP contribution is -2.44. The van der Waals surface area contributed by atoms with E-state index < -0.39 is 0 Å². The van der Waals surface area contributed by atoms with Crippen LogP contribution in [0.15, 0.2) is 18.2 Å². The maximum atomic E-state index is 12.3. The summed E-state index contributed by atoms with van der Waals surface area (Å²) in [5.41, 5.74) is 0.521. The third kappa shape index (κ3) is 3.64. The van der Waals surface area contributed by atoms with Crippen molar-refractivity contribution in [2.24, 2.45) is 5.92 Å². The molecular formula is C15H21ClN2O2. The minimum Gasteiger partial charge on any atom is -0.496 e. The summed E-state index contributed by atoms with van der Waals surface area (Å²) in [5.74, 6) is 0.867. The summed E-state index contributed by atoms with van der Waals surface area (Å²) in [6.07, 6.45) is 2.31. The van der Waals surface area contributed by atoms with Crippen LogP contribution < -0.4 is 15.4 Å². The van der Waals surface area contributed by atoms with Gasteiger partial charge in [-0.05, 0) is 57.0 Å². The Balaban J connectivity index is 2.03. The van der Waals surface area contributed by atoms with Gasteiger partial charge in [0, 0.05) is 11.1 Å². The third-order valence-corrected chi connectivity index (χ3v) is 4.04. The summed E-state index contributed by atoms with van der Waals surface area (Å²) >= 11 is 5.91. The Labute approximate surface area is 124 Å². The number of carbonyl (C=O) groups excluding carboxylic acids is 1. The molecule has 4 nitrogen and oxygen atoms in total. The highest BCUT2D eigenvalue weighted by atomic mass is 35.5. The highest BCUT2D eigenvalue weighted by Gasteiger charge is 2.22. The highest BCUT2D eigenvalue weighted by Crippen LogP contribution is 2.23. The summed E-state index contributed by atoms with van der Waals surface area (Å²) in [4.78, 5) is 12.3. The largest absolute Gasteiger partial charge is 0.496 e. The molecule has 20 heavy (non-hydrogen) atoms. The molecule has 0 radical (unpaired) electrons. The molecule has 2 N–H and O–H groups in total. The summed E-state index contributed by atoms with van der Waals surface area (Å²) < 4.78 is 5.22. The third-order valence-electron chi connectivity index (χ3n) is 3.81. The molecule has 0 spiro atoms. The number of amides is 1. The zero-order valence-electron chi connectivity index (χ0n) is 11.9. The van der Waals surface area contributed by atoms with Crippen molar-refractivity contribution in [2.75, 3.05) is 20.2 Å². The van der Waals surface area contributed by atoms with Crippen LogP contribution in [0.3, 0.4) is 0 Å². The summed E-state index contributed by atoms with van der Waals surface area (Å²) in [7, 11) is 1.54. The van der Waals surface area contributed by atoms with Crippen LogP contribution in [0, 0.1) is 5.92 Å². The highest BCUT2D eigenvalue weighted by molar-refractivity contribution is 6.30. The predicted octanol–water partition coefficient (Wildman–Crippen LogP) is 2.47. The van der Waals surface area contributed by atoms with Gasteiger partial charge in [0.2, 0.25) is 0 Å². The SMILES string of the molecule is COc1cc(Cl)ccc1C(=O)NC(C)C1CCCNC1. The lowest BCUT2D eigenvalue weighted by Gasteiger charge is -2.29. The van der Waals surface area contributed by atoms with E-state index in [1.807, 2.05) is 0 Å². The fourth-order valence-electron chi connectivity index (χ4n) is 2.56. The number of rotatable bonds is 4. The lowest BCUT2D eigenvalue weighted by molar-refractivity contribution is 0.0919. The first kappa shape index (κ1) is 15.1. The topological polar surface area (TPSA) is 50.4 Å². The Morgan fingerprint density at radius 1 is 1.55 bits per heavy atom. The van der Waals surface area contributed by atoms with Gasteiger partial charge in [0.25, 0.3) is 5.91 Å². The number of nitrogens with one attached hydrogen (secondary N) is 2. The Morgan fingerprint density at radius 3 is 3.00 bits per heavy atom. The van der Waals surface area contributed by atoms with Crippen molar-refractivity contribution >= 4 is 17.5 Å². The first-order chi connectivity index (χ1) is 9.61. The molecule has 0 aliphatic carbocycles. The molecule has 1 aromatic rings. The second-order valence-electron chi connectivity index (χ2n) is 5.21. The van der Waals surface area contributed by atoms with Crippen molar-refractivity contribution in [1.82, 2.24) is 10.6 Å². The molecule has 0 aromatic heterocycles. The van der Waals surface area contributed by atoms with Gasteiger partial charge in [-0.2, -0.15) is 0 Å². The quantitative estimate of drug-likeness (QED) is 0.897. The monoisotopic (exact) mass is 296 g/mol. The van der Waals surface area contributed by atoms with Crippen molar-refractivity contribution in [3.8, 4) is 5.75 Å². The number of carbonyl (C=O) groups is 1. The fraction of sp³-hybridized carbons (Fsp3) is 0.533. The minimum atomic E-state index is -0.114. The molecule has 2 unspecified atom stereocenters. The summed E-state index contributed by atoms with van der Waals surface area (Å²) in [6, 6.07) is 5.19. The molecular weight excluding hydrogens is 276 g/mol. The van der Waals surface area contributed by atoms with Crippen LogP contribution in [0.4, 0.5) is 0 Å². The number of ether oxygens (including phenoxy) is 1. The molecule has 110 valence electrons. The van der Waals surface area contributed by atoms with Crippen molar-refractivity contribution < 1.29 is 9.53 Å². The lowest BCUT2D eigenvalue weighted by atomic mass is 9.92. The van der Waals surface area contributed by atoms with Crippen LogP contribution in [0.25, 0.3) is 0 Å². The Hall–Kier alpha value is -1.26. The van der Waals surface area contributed by atoms with Gasteiger partial charge in [0.15, 0.2) is 0 Å². The van der Waals surface area contributed by atoms with Crippen LogP contribution in [-0.2, 0) is 0 Å². The summed E-state index contributed by atoms with van der Waals surface area (Å²) in [5, 5.41) is 6.98. The first-order valence-corrected chi connectivity index (χ1v) is 7.34. The number of methoxy groups -OCH3 is 1. The molecule has 1 aliphatic rings. The molecule has 2 rings (SSSR count). The Bertz CT molecular complexity index is 473. The van der Waals surface area contributed by atoms with E-state index in [-0.39, 0.29) is 11.9 Å². The van der Waals surface area contributed by atoms with E-state index in [0.717, 1.165) is 25.9 Å². The van der Waals surface area contributed by atoms with Crippen molar-refractivity contribution in [3.63, 3.8) is 0 Å². The van der Waals surface area contributed by atoms with Crippen LogP contribution in [0.2, 0.25) is 5.02 Å². The molecule has 1 amide bonds. The van der Waals surface area contributed by atoms with Gasteiger partial charge in [0.1, 0.15) is 5.75 Å². The number of piperidine rings is 1. The predicted molar refractivity (Wildman–Crippen MR) is 80.5 cm³/mol. The molecule has 5 heteroatoms. The van der Waals surface area contributed by atoms with Gasteiger partial charge in [0.05, 0.1) is 12.7 Å². The molecule has 1 aromatic carbocycles. The fourth-order valence-corrected chi connectivity index (χ4v) is 2.72. The zero-order chi connectivity index (χ0) is 14.5. The number of halogens is 1. The maximum absolute atomic E-state index is 12.3. The van der Waals surface area contributed by atoms with Crippen LogP contribution in [-0.4, -0.2) is 32.1 Å². The number of hydrogen-bond acceptors (Lipinski definition) is 3. The molecule has 1 saturated heterocycles. The van der Waals surface area contributed by atoms with E-state index in [2.05, 4.69) is 17.6 Å².